The number of hydrogen-bond donors (Lipinski definition) is 2. The lowest BCUT2D eigenvalue weighted by molar-refractivity contribution is -0.119. The quantitative estimate of drug-likeness (QED) is 0.194. The Morgan fingerprint density at radius 2 is 1.45 bits per heavy atom. The highest BCUT2D eigenvalue weighted by atomic mass is 16.3. The molecule has 33 heavy (non-hydrogen) atoms. The van der Waals surface area contributed by atoms with Crippen molar-refractivity contribution in [2.45, 2.75) is 135 Å². The summed E-state index contributed by atoms with van der Waals surface area (Å²) >= 11 is 0. The van der Waals surface area contributed by atoms with Gasteiger partial charge < -0.3 is 10.2 Å². The molecule has 0 bridgehead atoms. The van der Waals surface area contributed by atoms with Crippen LogP contribution >= 0.6 is 0 Å². The van der Waals surface area contributed by atoms with E-state index in [1.165, 1.54) is 80.9 Å². The van der Waals surface area contributed by atoms with E-state index in [9.17, 15) is 15.0 Å². The predicted octanol–water partition coefficient (Wildman–Crippen LogP) is 8.30. The lowest BCUT2D eigenvalue weighted by Crippen LogP contribution is -2.05. The fourth-order valence-corrected chi connectivity index (χ4v) is 4.94. The van der Waals surface area contributed by atoms with Crippen LogP contribution in [-0.4, -0.2) is 22.1 Å². The largest absolute Gasteiger partial charge is 0.508 e. The van der Waals surface area contributed by atoms with Gasteiger partial charge in [-0.25, -0.2) is 0 Å². The molecule has 0 spiro atoms. The van der Waals surface area contributed by atoms with Gasteiger partial charge in [-0.1, -0.05) is 89.7 Å². The number of allylic oxidation sites excluding steroid dienone is 2. The molecule has 0 radical (unpaired) electrons. The molecule has 0 amide bonds. The number of carbonyl (C=O) groups excluding carboxylic acids is 1. The highest BCUT2D eigenvalue weighted by Crippen LogP contribution is 2.33. The molecule has 1 aliphatic rings. The summed E-state index contributed by atoms with van der Waals surface area (Å²) in [6, 6.07) is 5.61. The highest BCUT2D eigenvalue weighted by molar-refractivity contribution is 5.79. The Hall–Kier alpha value is -1.61. The van der Waals surface area contributed by atoms with Gasteiger partial charge in [0.15, 0.2) is 0 Å². The molecule has 3 nitrogen and oxygen atoms in total. The molecule has 0 aliphatic heterocycles. The molecule has 0 heterocycles. The number of fused-ring (bicyclic) bond motifs is 1. The van der Waals surface area contributed by atoms with Gasteiger partial charge >= 0.3 is 0 Å². The number of aromatic hydroxyl groups is 1. The normalized spacial score (nSPS) is 13.7. The smallest absolute Gasteiger partial charge is 0.132 e. The van der Waals surface area contributed by atoms with Crippen LogP contribution in [0, 0.1) is 0 Å². The molecule has 0 saturated carbocycles. The van der Waals surface area contributed by atoms with Gasteiger partial charge in [-0.3, -0.25) is 4.79 Å². The van der Waals surface area contributed by atoms with Gasteiger partial charge in [0.1, 0.15) is 11.5 Å². The second-order valence-corrected chi connectivity index (χ2v) is 10.0. The van der Waals surface area contributed by atoms with Gasteiger partial charge in [-0.05, 0) is 67.4 Å². The van der Waals surface area contributed by atoms with E-state index < -0.39 is 0 Å². The number of Topliss-reactive ketones (excluding diaryl/α,β-unsaturated/α-hetero) is 1. The van der Waals surface area contributed by atoms with Crippen LogP contribution in [0.4, 0.5) is 0 Å². The Morgan fingerprint density at radius 1 is 0.848 bits per heavy atom. The van der Waals surface area contributed by atoms with Crippen molar-refractivity contribution in [2.24, 2.45) is 0 Å². The molecule has 2 rings (SSSR count). The van der Waals surface area contributed by atoms with E-state index in [0.29, 0.717) is 18.0 Å². The second kappa shape index (κ2) is 16.9. The molecule has 0 aromatic heterocycles. The van der Waals surface area contributed by atoms with Crippen molar-refractivity contribution in [3.63, 3.8) is 0 Å². The van der Waals surface area contributed by atoms with Crippen molar-refractivity contribution in [1.82, 2.24) is 0 Å². The molecule has 3 heteroatoms. The number of carbonyl (C=O) groups is 1. The number of phenolic OH excluding ortho intramolecular Hbond substituents is 1. The van der Waals surface area contributed by atoms with Gasteiger partial charge in [0.25, 0.3) is 0 Å². The fraction of sp³-hybridized carbons (Fsp3) is 0.700. The van der Waals surface area contributed by atoms with E-state index in [2.05, 4.69) is 13.0 Å². The number of unbranched alkanes of at least 4 members (excludes halogenated alkanes) is 10. The Morgan fingerprint density at radius 3 is 2.15 bits per heavy atom. The minimum atomic E-state index is -0.0847. The zero-order chi connectivity index (χ0) is 23.7. The Bertz CT molecular complexity index is 706. The molecule has 1 aliphatic carbocycles. The van der Waals surface area contributed by atoms with Crippen LogP contribution in [0.1, 0.15) is 134 Å². The van der Waals surface area contributed by atoms with E-state index in [4.69, 9.17) is 0 Å². The molecule has 1 atom stereocenters. The van der Waals surface area contributed by atoms with Gasteiger partial charge in [-0.2, -0.15) is 0 Å². The predicted molar refractivity (Wildman–Crippen MR) is 140 cm³/mol. The standard InChI is InChI=1S/C30H48O3/c1-2-3-4-11-16-27(31)17-12-9-7-5-6-8-10-13-18-28(32)19-14-15-25-20-21-26-22-23-29(33)24-30(25)26/h20,22-24,27,31,33H,2-19,21H2,1H3. The Labute approximate surface area is 202 Å². The first-order valence-corrected chi connectivity index (χ1v) is 13.8. The lowest BCUT2D eigenvalue weighted by atomic mass is 9.99. The third-order valence-electron chi connectivity index (χ3n) is 7.04. The molecule has 186 valence electrons. The van der Waals surface area contributed by atoms with Crippen molar-refractivity contribution < 1.29 is 15.0 Å². The second-order valence-electron chi connectivity index (χ2n) is 10.0. The number of phenols is 1. The van der Waals surface area contributed by atoms with Gasteiger partial charge in [-0.15, -0.1) is 0 Å². The molecular formula is C30H48O3. The molecule has 0 fully saturated rings. The molecule has 2 N–H and O–H groups in total. The first kappa shape index (κ1) is 27.6. The first-order chi connectivity index (χ1) is 16.1. The van der Waals surface area contributed by atoms with Crippen LogP contribution < -0.4 is 0 Å². The average Bonchev–Trinajstić information content (AvgIpc) is 3.20. The average molecular weight is 457 g/mol. The summed E-state index contributed by atoms with van der Waals surface area (Å²) in [4.78, 5) is 12.2. The molecule has 1 unspecified atom stereocenters. The zero-order valence-electron chi connectivity index (χ0n) is 21.1. The number of aliphatic hydroxyl groups excluding tert-OH is 1. The Balaban J connectivity index is 1.37. The number of aliphatic hydroxyl groups is 1. The van der Waals surface area contributed by atoms with Crippen LogP contribution in [0.5, 0.6) is 5.75 Å². The maximum absolute atomic E-state index is 12.2. The van der Waals surface area contributed by atoms with E-state index in [0.717, 1.165) is 51.4 Å². The molecular weight excluding hydrogens is 408 g/mol. The molecule has 1 aromatic carbocycles. The summed E-state index contributed by atoms with van der Waals surface area (Å²) in [5, 5.41) is 19.7. The summed E-state index contributed by atoms with van der Waals surface area (Å²) in [6.07, 6.45) is 23.0. The van der Waals surface area contributed by atoms with Crippen molar-refractivity contribution in [3.05, 3.63) is 35.4 Å². The Kier molecular flexibility index (Phi) is 14.2. The van der Waals surface area contributed by atoms with E-state index in [1.54, 1.807) is 6.07 Å². The maximum atomic E-state index is 12.2. The zero-order valence-corrected chi connectivity index (χ0v) is 21.1. The van der Waals surface area contributed by atoms with Crippen LogP contribution in [-0.2, 0) is 11.2 Å². The van der Waals surface area contributed by atoms with Crippen LogP contribution in [0.3, 0.4) is 0 Å². The minimum Gasteiger partial charge on any atom is -0.508 e. The van der Waals surface area contributed by atoms with Crippen LogP contribution in [0.2, 0.25) is 0 Å². The lowest BCUT2D eigenvalue weighted by Gasteiger charge is -2.10. The third-order valence-corrected chi connectivity index (χ3v) is 7.04. The van der Waals surface area contributed by atoms with Crippen molar-refractivity contribution >= 4 is 11.4 Å². The van der Waals surface area contributed by atoms with Crippen LogP contribution in [0.15, 0.2) is 24.3 Å². The number of ketones is 1. The van der Waals surface area contributed by atoms with E-state index in [-0.39, 0.29) is 6.10 Å². The van der Waals surface area contributed by atoms with Crippen molar-refractivity contribution in [2.75, 3.05) is 0 Å². The van der Waals surface area contributed by atoms with Gasteiger partial charge in [0.2, 0.25) is 0 Å². The van der Waals surface area contributed by atoms with Crippen molar-refractivity contribution in [1.29, 1.82) is 0 Å². The van der Waals surface area contributed by atoms with Gasteiger partial charge in [0.05, 0.1) is 6.10 Å². The minimum absolute atomic E-state index is 0.0847. The maximum Gasteiger partial charge on any atom is 0.132 e. The first-order valence-electron chi connectivity index (χ1n) is 13.8. The monoisotopic (exact) mass is 456 g/mol. The summed E-state index contributed by atoms with van der Waals surface area (Å²) in [6.45, 7) is 2.22. The number of benzene rings is 1. The third kappa shape index (κ3) is 11.9. The summed E-state index contributed by atoms with van der Waals surface area (Å²) in [7, 11) is 0. The summed E-state index contributed by atoms with van der Waals surface area (Å²) in [5.41, 5.74) is 3.74. The number of rotatable bonds is 20. The highest BCUT2D eigenvalue weighted by Gasteiger charge is 2.14. The van der Waals surface area contributed by atoms with E-state index >= 15 is 0 Å². The topological polar surface area (TPSA) is 57.5 Å². The summed E-state index contributed by atoms with van der Waals surface area (Å²) < 4.78 is 0. The SMILES string of the molecule is CCCCCCC(O)CCCCCCCCCCC(=O)CCCC1=CCc2ccc(O)cc21. The molecule has 1 aromatic rings. The summed E-state index contributed by atoms with van der Waals surface area (Å²) in [5.74, 6) is 0.725. The van der Waals surface area contributed by atoms with Gasteiger partial charge in [0, 0.05) is 12.8 Å². The van der Waals surface area contributed by atoms with Crippen molar-refractivity contribution in [3.8, 4) is 5.75 Å². The van der Waals surface area contributed by atoms with E-state index in [1.807, 2.05) is 12.1 Å². The fourth-order valence-electron chi connectivity index (χ4n) is 4.94. The molecule has 0 saturated heterocycles. The number of hydrogen-bond acceptors (Lipinski definition) is 3. The van der Waals surface area contributed by atoms with Crippen LogP contribution in [0.25, 0.3) is 5.57 Å².